The van der Waals surface area contributed by atoms with Crippen LogP contribution < -0.4 is 32.3 Å². The summed E-state index contributed by atoms with van der Waals surface area (Å²) in [7, 11) is 0. The average molecular weight is 723 g/mol. The highest BCUT2D eigenvalue weighted by atomic mass is 16.6. The van der Waals surface area contributed by atoms with Crippen LogP contribution in [0.2, 0.25) is 0 Å². The Hall–Kier alpha value is -4.42. The average Bonchev–Trinajstić information content (AvgIpc) is 3.09. The van der Waals surface area contributed by atoms with Crippen LogP contribution in [0.4, 0.5) is 10.5 Å². The van der Waals surface area contributed by atoms with Crippen molar-refractivity contribution in [2.45, 2.75) is 64.6 Å². The zero-order valence-corrected chi connectivity index (χ0v) is 29.6. The van der Waals surface area contributed by atoms with Crippen LogP contribution in [0, 0.1) is 0 Å². The maximum Gasteiger partial charge on any atom is 0.312 e. The first kappa shape index (κ1) is 44.6. The molecule has 1 rings (SSSR count). The molecule has 0 aliphatic carbocycles. The van der Waals surface area contributed by atoms with Gasteiger partial charge >= 0.3 is 6.03 Å². The Balaban J connectivity index is 2.32. The number of aliphatic hydroxyl groups excluding tert-OH is 1. The number of hydrogen-bond acceptors (Lipinski definition) is 11. The molecule has 0 heterocycles. The summed E-state index contributed by atoms with van der Waals surface area (Å²) in [6.45, 7) is 9.56. The van der Waals surface area contributed by atoms with Crippen LogP contribution in [0.3, 0.4) is 0 Å². The van der Waals surface area contributed by atoms with E-state index in [1.165, 1.54) is 6.92 Å². The smallest absolute Gasteiger partial charge is 0.312 e. The van der Waals surface area contributed by atoms with Gasteiger partial charge in [-0.05, 0) is 50.0 Å². The number of primary amides is 1. The number of aliphatic hydroxyl groups is 1. The van der Waals surface area contributed by atoms with E-state index in [1.807, 2.05) is 0 Å². The summed E-state index contributed by atoms with van der Waals surface area (Å²) < 4.78 is 21.7. The molecule has 51 heavy (non-hydrogen) atoms. The lowest BCUT2D eigenvalue weighted by Crippen LogP contribution is -2.53. The first-order chi connectivity index (χ1) is 24.4. The van der Waals surface area contributed by atoms with E-state index in [0.717, 1.165) is 0 Å². The van der Waals surface area contributed by atoms with Gasteiger partial charge < -0.3 is 61.2 Å². The highest BCUT2D eigenvalue weighted by Crippen LogP contribution is 2.12. The van der Waals surface area contributed by atoms with Crippen LogP contribution in [0.25, 0.3) is 0 Å². The van der Waals surface area contributed by atoms with Crippen LogP contribution in [-0.4, -0.2) is 119 Å². The number of benzene rings is 1. The van der Waals surface area contributed by atoms with Gasteiger partial charge in [0.1, 0.15) is 17.9 Å². The van der Waals surface area contributed by atoms with Crippen molar-refractivity contribution in [1.29, 1.82) is 0 Å². The van der Waals surface area contributed by atoms with E-state index in [0.29, 0.717) is 62.8 Å². The third-order valence-corrected chi connectivity index (χ3v) is 6.93. The lowest BCUT2D eigenvalue weighted by molar-refractivity contribution is -0.130. The van der Waals surface area contributed by atoms with Gasteiger partial charge in [-0.3, -0.25) is 19.2 Å². The molecule has 2 atom stereocenters. The molecule has 1 aromatic rings. The summed E-state index contributed by atoms with van der Waals surface area (Å²) >= 11 is 0. The van der Waals surface area contributed by atoms with Gasteiger partial charge in [0.25, 0.3) is 0 Å². The van der Waals surface area contributed by atoms with Gasteiger partial charge in [-0.2, -0.15) is 0 Å². The monoisotopic (exact) mass is 722 g/mol. The highest BCUT2D eigenvalue weighted by Gasteiger charge is 2.27. The van der Waals surface area contributed by atoms with Crippen molar-refractivity contribution in [2.75, 3.05) is 71.3 Å². The Kier molecular flexibility index (Phi) is 23.9. The fourth-order valence-corrected chi connectivity index (χ4v) is 4.18. The topological polar surface area (TPSA) is 246 Å². The van der Waals surface area contributed by atoms with Crippen LogP contribution in [0.15, 0.2) is 36.4 Å². The minimum absolute atomic E-state index is 0.0282. The van der Waals surface area contributed by atoms with Crippen LogP contribution in [0.5, 0.6) is 0 Å². The number of ether oxygens (including phenoxy) is 4. The first-order valence-corrected chi connectivity index (χ1v) is 16.8. The molecule has 286 valence electrons. The number of carbonyl (C=O) groups excluding carboxylic acids is 6. The van der Waals surface area contributed by atoms with Crippen LogP contribution in [0.1, 0.15) is 51.5 Å². The number of amides is 6. The highest BCUT2D eigenvalue weighted by molar-refractivity contribution is 5.99. The largest absolute Gasteiger partial charge is 0.392 e. The molecule has 0 saturated carbocycles. The zero-order valence-electron chi connectivity index (χ0n) is 29.6. The maximum atomic E-state index is 13.2. The summed E-state index contributed by atoms with van der Waals surface area (Å²) in [5.74, 6) is -1.82. The van der Waals surface area contributed by atoms with Crippen molar-refractivity contribution < 1.29 is 52.8 Å². The predicted octanol–water partition coefficient (Wildman–Crippen LogP) is 0.0535. The minimum Gasteiger partial charge on any atom is -0.392 e. The molecule has 6 amide bonds. The van der Waals surface area contributed by atoms with Crippen molar-refractivity contribution in [2.24, 2.45) is 5.73 Å². The Morgan fingerprint density at radius 3 is 1.86 bits per heavy atom. The summed E-state index contributed by atoms with van der Waals surface area (Å²) in [6, 6.07) is 3.69. The number of anilines is 1. The Morgan fingerprint density at radius 1 is 0.725 bits per heavy atom. The van der Waals surface area contributed by atoms with Gasteiger partial charge in [-0.25, -0.2) is 4.79 Å². The minimum atomic E-state index is -1.11. The van der Waals surface area contributed by atoms with Crippen molar-refractivity contribution >= 4 is 41.1 Å². The van der Waals surface area contributed by atoms with E-state index in [9.17, 15) is 33.9 Å². The molecule has 0 bridgehead atoms. The number of rotatable bonds is 29. The van der Waals surface area contributed by atoms with Gasteiger partial charge in [-0.15, -0.1) is 0 Å². The Morgan fingerprint density at radius 2 is 1.31 bits per heavy atom. The number of ketones is 1. The predicted molar refractivity (Wildman–Crippen MR) is 187 cm³/mol. The molecule has 0 aromatic heterocycles. The van der Waals surface area contributed by atoms with Gasteiger partial charge in [0.05, 0.1) is 59.5 Å². The molecule has 0 unspecified atom stereocenters. The van der Waals surface area contributed by atoms with E-state index >= 15 is 0 Å². The lowest BCUT2D eigenvalue weighted by atomic mass is 10.1. The van der Waals surface area contributed by atoms with Crippen molar-refractivity contribution in [3.8, 4) is 0 Å². The zero-order chi connectivity index (χ0) is 37.9. The quantitative estimate of drug-likeness (QED) is 0.0430. The summed E-state index contributed by atoms with van der Waals surface area (Å²) in [5.41, 5.74) is 6.58. The summed E-state index contributed by atoms with van der Waals surface area (Å²) in [4.78, 5) is 72.3. The van der Waals surface area contributed by atoms with Crippen molar-refractivity contribution in [1.82, 2.24) is 21.3 Å². The number of urea groups is 1. The number of Topliss-reactive ketones (excluding diaryl/α,β-unsaturated/α-hetero) is 1. The third kappa shape index (κ3) is 22.8. The fourth-order valence-electron chi connectivity index (χ4n) is 4.18. The molecule has 0 aliphatic heterocycles. The number of carbonyl (C=O) groups is 6. The van der Waals surface area contributed by atoms with Gasteiger partial charge in [0.2, 0.25) is 23.6 Å². The standard InChI is InChI=1S/C34H54N6O11/c1-24(2)31(33(46)39-28(5-4-13-37-34(35)47)32(45)38-27-9-7-26(23-41)8-10-27)40-30(44)12-15-48-17-19-50-21-22-51-20-18-49-16-14-36-29(43)11-6-25(3)42/h7-10,28,31,41H,1,4-6,11-23H2,2-3H3,(H,36,43)(H,38,45)(H,39,46)(H,40,44)(H3,35,37,47)/t28-,31-/m0/s1. The molecule has 0 saturated heterocycles. The molecule has 0 aliphatic rings. The summed E-state index contributed by atoms with van der Waals surface area (Å²) in [5, 5.41) is 22.4. The van der Waals surface area contributed by atoms with E-state index in [-0.39, 0.29) is 70.3 Å². The second-order valence-electron chi connectivity index (χ2n) is 11.4. The molecule has 1 aromatic carbocycles. The second kappa shape index (κ2) is 27.3. The Bertz CT molecular complexity index is 1250. The molecule has 17 heteroatoms. The molecule has 0 radical (unpaired) electrons. The molecule has 0 fully saturated rings. The van der Waals surface area contributed by atoms with E-state index < -0.39 is 35.8 Å². The van der Waals surface area contributed by atoms with Crippen LogP contribution in [-0.2, 0) is 49.5 Å². The third-order valence-electron chi connectivity index (χ3n) is 6.93. The van der Waals surface area contributed by atoms with Crippen molar-refractivity contribution in [3.63, 3.8) is 0 Å². The summed E-state index contributed by atoms with van der Waals surface area (Å²) in [6.07, 6.45) is 0.853. The van der Waals surface area contributed by atoms with Gasteiger partial charge in [0, 0.05) is 38.0 Å². The van der Waals surface area contributed by atoms with E-state index in [1.54, 1.807) is 31.2 Å². The van der Waals surface area contributed by atoms with E-state index in [2.05, 4.69) is 33.2 Å². The Labute approximate surface area is 298 Å². The molecule has 17 nitrogen and oxygen atoms in total. The number of hydrogen-bond donors (Lipinski definition) is 7. The first-order valence-electron chi connectivity index (χ1n) is 16.8. The van der Waals surface area contributed by atoms with E-state index in [4.69, 9.17) is 24.7 Å². The second-order valence-corrected chi connectivity index (χ2v) is 11.4. The number of nitrogens with two attached hydrogens (primary N) is 1. The molecule has 0 spiro atoms. The SMILES string of the molecule is C=C(C)[C@H](NC(=O)CCOCCOCCOCCOCCNC(=O)CCC(C)=O)C(=O)N[C@@H](CCCNC(N)=O)C(=O)Nc1ccc(CO)cc1. The molecular weight excluding hydrogens is 668 g/mol. The van der Waals surface area contributed by atoms with Crippen molar-refractivity contribution in [3.05, 3.63) is 42.0 Å². The maximum absolute atomic E-state index is 13.2. The normalized spacial score (nSPS) is 11.9. The number of nitrogens with one attached hydrogen (secondary N) is 5. The fraction of sp³-hybridized carbons (Fsp3) is 0.588. The van der Waals surface area contributed by atoms with Gasteiger partial charge in [0.15, 0.2) is 0 Å². The molecule has 8 N–H and O–H groups in total. The molecular formula is C34H54N6O11. The van der Waals surface area contributed by atoms with Crippen LogP contribution >= 0.6 is 0 Å². The van der Waals surface area contributed by atoms with Gasteiger partial charge in [-0.1, -0.05) is 18.7 Å². The lowest BCUT2D eigenvalue weighted by Gasteiger charge is -2.23.